The van der Waals surface area contributed by atoms with Crippen LogP contribution in [0.15, 0.2) is 12.1 Å². The Labute approximate surface area is 85.9 Å². The molecule has 0 saturated heterocycles. The third kappa shape index (κ3) is 1.88. The smallest absolute Gasteiger partial charge is 0.144 e. The number of hydrogen-bond donors (Lipinski definition) is 1. The molecular formula is C10H10ClF2N. The van der Waals surface area contributed by atoms with Gasteiger partial charge >= 0.3 is 0 Å². The van der Waals surface area contributed by atoms with Crippen molar-refractivity contribution in [2.75, 3.05) is 0 Å². The summed E-state index contributed by atoms with van der Waals surface area (Å²) in [7, 11) is 0. The topological polar surface area (TPSA) is 26.0 Å². The summed E-state index contributed by atoms with van der Waals surface area (Å²) < 4.78 is 25.9. The molecule has 0 atom stereocenters. The standard InChI is InChI=1S/C10H10ClF2N/c11-9-6(5-10(14)1-2-10)3-7(12)4-8(9)13/h3-4H,1-2,5,14H2. The van der Waals surface area contributed by atoms with Crippen LogP contribution in [-0.2, 0) is 6.42 Å². The van der Waals surface area contributed by atoms with Gasteiger partial charge in [0.1, 0.15) is 11.6 Å². The molecule has 1 aliphatic carbocycles. The fraction of sp³-hybridized carbons (Fsp3) is 0.400. The molecular weight excluding hydrogens is 208 g/mol. The Bertz CT molecular complexity index is 375. The summed E-state index contributed by atoms with van der Waals surface area (Å²) in [6, 6.07) is 2.03. The van der Waals surface area contributed by atoms with Crippen LogP contribution in [0.25, 0.3) is 0 Å². The zero-order valence-electron chi connectivity index (χ0n) is 7.49. The van der Waals surface area contributed by atoms with Crippen LogP contribution in [0.3, 0.4) is 0 Å². The largest absolute Gasteiger partial charge is 0.325 e. The van der Waals surface area contributed by atoms with Gasteiger partial charge in [-0.25, -0.2) is 8.78 Å². The molecule has 1 aliphatic rings. The van der Waals surface area contributed by atoms with Gasteiger partial charge in [-0.15, -0.1) is 0 Å². The van der Waals surface area contributed by atoms with Crippen molar-refractivity contribution < 1.29 is 8.78 Å². The van der Waals surface area contributed by atoms with Crippen LogP contribution in [0.1, 0.15) is 18.4 Å². The van der Waals surface area contributed by atoms with Gasteiger partial charge in [0.25, 0.3) is 0 Å². The second-order valence-corrected chi connectivity index (χ2v) is 4.28. The monoisotopic (exact) mass is 217 g/mol. The van der Waals surface area contributed by atoms with Crippen LogP contribution in [0, 0.1) is 11.6 Å². The molecule has 1 nitrogen and oxygen atoms in total. The van der Waals surface area contributed by atoms with Crippen molar-refractivity contribution in [1.82, 2.24) is 0 Å². The quantitative estimate of drug-likeness (QED) is 0.758. The van der Waals surface area contributed by atoms with E-state index in [9.17, 15) is 8.78 Å². The zero-order valence-corrected chi connectivity index (χ0v) is 8.24. The molecule has 1 fully saturated rings. The normalized spacial score (nSPS) is 18.3. The summed E-state index contributed by atoms with van der Waals surface area (Å²) in [4.78, 5) is 0. The van der Waals surface area contributed by atoms with E-state index in [1.165, 1.54) is 6.07 Å². The van der Waals surface area contributed by atoms with E-state index >= 15 is 0 Å². The lowest BCUT2D eigenvalue weighted by molar-refractivity contribution is 0.574. The number of nitrogens with two attached hydrogens (primary N) is 1. The van der Waals surface area contributed by atoms with Crippen LogP contribution < -0.4 is 5.73 Å². The maximum atomic E-state index is 13.0. The van der Waals surface area contributed by atoms with Gasteiger partial charge in [-0.05, 0) is 30.9 Å². The van der Waals surface area contributed by atoms with Crippen LogP contribution in [0.2, 0.25) is 5.02 Å². The minimum atomic E-state index is -0.717. The highest BCUT2D eigenvalue weighted by Gasteiger charge is 2.38. The summed E-state index contributed by atoms with van der Waals surface area (Å²) in [5, 5.41) is -0.0110. The molecule has 0 amide bonds. The fourth-order valence-electron chi connectivity index (χ4n) is 1.45. The van der Waals surface area contributed by atoms with Crippen LogP contribution in [0.5, 0.6) is 0 Å². The van der Waals surface area contributed by atoms with Gasteiger partial charge in [0.15, 0.2) is 0 Å². The number of halogens is 3. The van der Waals surface area contributed by atoms with Gasteiger partial charge in [0.05, 0.1) is 5.02 Å². The van der Waals surface area contributed by atoms with Gasteiger partial charge < -0.3 is 5.73 Å². The molecule has 2 rings (SSSR count). The summed E-state index contributed by atoms with van der Waals surface area (Å²) in [5.41, 5.74) is 6.02. The second-order valence-electron chi connectivity index (χ2n) is 3.90. The highest BCUT2D eigenvalue weighted by Crippen LogP contribution is 2.37. The molecule has 0 radical (unpaired) electrons. The van der Waals surface area contributed by atoms with Gasteiger partial charge in [0.2, 0.25) is 0 Å². The predicted octanol–water partition coefficient (Wildman–Crippen LogP) is 2.65. The number of hydrogen-bond acceptors (Lipinski definition) is 1. The van der Waals surface area contributed by atoms with E-state index in [2.05, 4.69) is 0 Å². The van der Waals surface area contributed by atoms with Crippen molar-refractivity contribution in [2.45, 2.75) is 24.8 Å². The SMILES string of the molecule is NC1(Cc2cc(F)cc(F)c2Cl)CC1. The van der Waals surface area contributed by atoms with Crippen LogP contribution in [0.4, 0.5) is 8.78 Å². The first kappa shape index (κ1) is 9.87. The molecule has 0 aromatic heterocycles. The molecule has 1 aromatic carbocycles. The van der Waals surface area contributed by atoms with Crippen LogP contribution in [-0.4, -0.2) is 5.54 Å². The Balaban J connectivity index is 2.32. The molecule has 14 heavy (non-hydrogen) atoms. The van der Waals surface area contributed by atoms with E-state index in [0.717, 1.165) is 18.9 Å². The van der Waals surface area contributed by atoms with Crippen molar-refractivity contribution in [3.63, 3.8) is 0 Å². The maximum absolute atomic E-state index is 13.0. The average Bonchev–Trinajstić information content (AvgIpc) is 2.79. The first-order valence-corrected chi connectivity index (χ1v) is 4.80. The summed E-state index contributed by atoms with van der Waals surface area (Å²) in [5.74, 6) is -1.32. The van der Waals surface area contributed by atoms with Gasteiger partial charge in [-0.1, -0.05) is 11.6 Å². The molecule has 0 spiro atoms. The van der Waals surface area contributed by atoms with Gasteiger partial charge in [0, 0.05) is 11.6 Å². The van der Waals surface area contributed by atoms with E-state index in [-0.39, 0.29) is 10.6 Å². The lowest BCUT2D eigenvalue weighted by atomic mass is 10.0. The first-order valence-electron chi connectivity index (χ1n) is 4.42. The molecule has 0 unspecified atom stereocenters. The van der Waals surface area contributed by atoms with E-state index in [1.54, 1.807) is 0 Å². The predicted molar refractivity (Wildman–Crippen MR) is 51.2 cm³/mol. The molecule has 1 saturated carbocycles. The number of benzene rings is 1. The third-order valence-electron chi connectivity index (χ3n) is 2.50. The Hall–Kier alpha value is -0.670. The average molecular weight is 218 g/mol. The maximum Gasteiger partial charge on any atom is 0.144 e. The Morgan fingerprint density at radius 2 is 2.00 bits per heavy atom. The molecule has 0 aliphatic heterocycles. The van der Waals surface area contributed by atoms with E-state index in [4.69, 9.17) is 17.3 Å². The van der Waals surface area contributed by atoms with Gasteiger partial charge in [-0.3, -0.25) is 0 Å². The van der Waals surface area contributed by atoms with Gasteiger partial charge in [-0.2, -0.15) is 0 Å². The van der Waals surface area contributed by atoms with Crippen LogP contribution >= 0.6 is 11.6 Å². The molecule has 76 valence electrons. The Kier molecular flexibility index (Phi) is 2.24. The minimum absolute atomic E-state index is 0.0110. The van der Waals surface area contributed by atoms with Crippen molar-refractivity contribution >= 4 is 11.6 Å². The third-order valence-corrected chi connectivity index (χ3v) is 2.93. The second kappa shape index (κ2) is 3.17. The molecule has 2 N–H and O–H groups in total. The van der Waals surface area contributed by atoms with Crippen molar-refractivity contribution in [3.05, 3.63) is 34.4 Å². The van der Waals surface area contributed by atoms with Crippen molar-refractivity contribution in [2.24, 2.45) is 5.73 Å². The lowest BCUT2D eigenvalue weighted by Gasteiger charge is -2.10. The Morgan fingerprint density at radius 3 is 2.57 bits per heavy atom. The van der Waals surface area contributed by atoms with Crippen molar-refractivity contribution in [3.8, 4) is 0 Å². The number of rotatable bonds is 2. The van der Waals surface area contributed by atoms with E-state index in [1.807, 2.05) is 0 Å². The van der Waals surface area contributed by atoms with Crippen molar-refractivity contribution in [1.29, 1.82) is 0 Å². The zero-order chi connectivity index (χ0) is 10.3. The first-order chi connectivity index (χ1) is 6.50. The minimum Gasteiger partial charge on any atom is -0.325 e. The molecule has 1 aromatic rings. The molecule has 0 bridgehead atoms. The summed E-state index contributed by atoms with van der Waals surface area (Å²) in [6.45, 7) is 0. The fourth-order valence-corrected chi connectivity index (χ4v) is 1.63. The highest BCUT2D eigenvalue weighted by atomic mass is 35.5. The van der Waals surface area contributed by atoms with E-state index in [0.29, 0.717) is 12.0 Å². The summed E-state index contributed by atoms with van der Waals surface area (Å²) in [6.07, 6.45) is 2.23. The lowest BCUT2D eigenvalue weighted by Crippen LogP contribution is -2.24. The highest BCUT2D eigenvalue weighted by molar-refractivity contribution is 6.31. The molecule has 0 heterocycles. The molecule has 4 heteroatoms. The van der Waals surface area contributed by atoms with E-state index < -0.39 is 11.6 Å². The Morgan fingerprint density at radius 1 is 1.36 bits per heavy atom. The summed E-state index contributed by atoms with van der Waals surface area (Å²) >= 11 is 5.70.